The molecule has 24 heavy (non-hydrogen) atoms. The summed E-state index contributed by atoms with van der Waals surface area (Å²) in [4.78, 5) is 0. The standard InChI is InChI=1S/C17H32N2O3S2/c20-23-8-2-1-3-14(11-23)15-4-5-16(13-24(21,22)12-15)17-9-18-6-7-19-10-17/h14-19H,1-13H2. The number of rotatable bonds is 2. The Kier molecular flexibility index (Phi) is 6.74. The Morgan fingerprint density at radius 3 is 2.08 bits per heavy atom. The first kappa shape index (κ1) is 18.8. The summed E-state index contributed by atoms with van der Waals surface area (Å²) in [6.45, 7) is 3.77. The van der Waals surface area contributed by atoms with Crippen LogP contribution in [0.1, 0.15) is 32.1 Å². The average molecular weight is 377 g/mol. The second kappa shape index (κ2) is 8.60. The lowest BCUT2D eigenvalue weighted by atomic mass is 9.82. The third-order valence-corrected chi connectivity index (χ3v) is 9.48. The van der Waals surface area contributed by atoms with Gasteiger partial charge in [-0.25, -0.2) is 8.42 Å². The van der Waals surface area contributed by atoms with E-state index in [-0.39, 0.29) is 11.8 Å². The molecule has 0 spiro atoms. The zero-order chi connectivity index (χ0) is 17.0. The van der Waals surface area contributed by atoms with E-state index >= 15 is 0 Å². The van der Waals surface area contributed by atoms with Gasteiger partial charge in [-0.3, -0.25) is 4.21 Å². The molecule has 3 heterocycles. The summed E-state index contributed by atoms with van der Waals surface area (Å²) in [6, 6.07) is 0. The summed E-state index contributed by atoms with van der Waals surface area (Å²) < 4.78 is 37.5. The largest absolute Gasteiger partial charge is 0.315 e. The maximum absolute atomic E-state index is 12.7. The highest BCUT2D eigenvalue weighted by atomic mass is 32.2. The number of nitrogens with one attached hydrogen (secondary N) is 2. The first-order chi connectivity index (χ1) is 11.5. The van der Waals surface area contributed by atoms with Crippen LogP contribution in [0.3, 0.4) is 0 Å². The van der Waals surface area contributed by atoms with Crippen molar-refractivity contribution in [3.05, 3.63) is 0 Å². The Bertz CT molecular complexity index is 530. The van der Waals surface area contributed by atoms with E-state index in [2.05, 4.69) is 10.6 Å². The molecular weight excluding hydrogens is 344 g/mol. The van der Waals surface area contributed by atoms with Gasteiger partial charge in [0.05, 0.1) is 11.5 Å². The molecule has 0 radical (unpaired) electrons. The molecule has 0 aromatic rings. The maximum Gasteiger partial charge on any atom is 0.150 e. The van der Waals surface area contributed by atoms with Gasteiger partial charge in [0.25, 0.3) is 0 Å². The molecule has 0 bridgehead atoms. The molecule has 2 N–H and O–H groups in total. The van der Waals surface area contributed by atoms with E-state index in [0.717, 1.165) is 69.8 Å². The van der Waals surface area contributed by atoms with Crippen molar-refractivity contribution in [2.24, 2.45) is 23.7 Å². The van der Waals surface area contributed by atoms with E-state index in [0.29, 0.717) is 23.3 Å². The SMILES string of the molecule is O=S1CCCCC(C2CCC(C3CNCCNC3)CS(=O)(=O)C2)C1. The third-order valence-electron chi connectivity index (χ3n) is 6.07. The molecule has 0 saturated carbocycles. The molecule has 0 aromatic carbocycles. The van der Waals surface area contributed by atoms with Crippen LogP contribution in [0, 0.1) is 23.7 Å². The number of hydrogen-bond donors (Lipinski definition) is 2. The highest BCUT2D eigenvalue weighted by molar-refractivity contribution is 7.91. The number of sulfone groups is 1. The van der Waals surface area contributed by atoms with Crippen molar-refractivity contribution in [3.8, 4) is 0 Å². The summed E-state index contributed by atoms with van der Waals surface area (Å²) in [7, 11) is -3.76. The molecule has 5 nitrogen and oxygen atoms in total. The molecule has 7 heteroatoms. The first-order valence-corrected chi connectivity index (χ1v) is 12.8. The third kappa shape index (κ3) is 5.26. The van der Waals surface area contributed by atoms with E-state index < -0.39 is 20.6 Å². The van der Waals surface area contributed by atoms with Gasteiger partial charge in [0.1, 0.15) is 0 Å². The Labute approximate surface area is 149 Å². The predicted molar refractivity (Wildman–Crippen MR) is 99.3 cm³/mol. The molecule has 3 fully saturated rings. The van der Waals surface area contributed by atoms with Crippen molar-refractivity contribution < 1.29 is 12.6 Å². The molecule has 0 aliphatic carbocycles. The second-order valence-corrected chi connectivity index (χ2v) is 11.7. The first-order valence-electron chi connectivity index (χ1n) is 9.50. The lowest BCUT2D eigenvalue weighted by Gasteiger charge is -2.25. The highest BCUT2D eigenvalue weighted by Gasteiger charge is 2.36. The van der Waals surface area contributed by atoms with Crippen molar-refractivity contribution in [2.75, 3.05) is 49.2 Å². The fraction of sp³-hybridized carbons (Fsp3) is 1.00. The summed E-state index contributed by atoms with van der Waals surface area (Å²) in [5.74, 6) is 3.40. The van der Waals surface area contributed by atoms with Crippen LogP contribution in [-0.2, 0) is 20.6 Å². The van der Waals surface area contributed by atoms with Gasteiger partial charge < -0.3 is 10.6 Å². The smallest absolute Gasteiger partial charge is 0.150 e. The second-order valence-electron chi connectivity index (χ2n) is 7.91. The Morgan fingerprint density at radius 2 is 1.42 bits per heavy atom. The van der Waals surface area contributed by atoms with Gasteiger partial charge in [-0.15, -0.1) is 0 Å². The van der Waals surface area contributed by atoms with Crippen molar-refractivity contribution in [1.82, 2.24) is 10.6 Å². The van der Waals surface area contributed by atoms with E-state index in [4.69, 9.17) is 0 Å². The van der Waals surface area contributed by atoms with Crippen molar-refractivity contribution >= 4 is 20.6 Å². The topological polar surface area (TPSA) is 75.3 Å². The van der Waals surface area contributed by atoms with E-state index in [9.17, 15) is 12.6 Å². The van der Waals surface area contributed by atoms with E-state index in [1.54, 1.807) is 0 Å². The maximum atomic E-state index is 12.7. The Hall–Kier alpha value is 0.0200. The monoisotopic (exact) mass is 376 g/mol. The predicted octanol–water partition coefficient (Wildman–Crippen LogP) is 0.785. The van der Waals surface area contributed by atoms with Crippen molar-refractivity contribution in [3.63, 3.8) is 0 Å². The molecule has 3 aliphatic rings. The minimum atomic E-state index is -3.01. The van der Waals surface area contributed by atoms with Gasteiger partial charge in [-0.05, 0) is 62.4 Å². The Morgan fingerprint density at radius 1 is 0.792 bits per heavy atom. The Balaban J connectivity index is 1.68. The molecule has 4 atom stereocenters. The molecule has 3 saturated heterocycles. The molecule has 0 aromatic heterocycles. The minimum absolute atomic E-state index is 0.216. The number of hydrogen-bond acceptors (Lipinski definition) is 5. The minimum Gasteiger partial charge on any atom is -0.315 e. The van der Waals surface area contributed by atoms with E-state index in [1.165, 1.54) is 0 Å². The quantitative estimate of drug-likeness (QED) is 0.745. The summed E-state index contributed by atoms with van der Waals surface area (Å²) >= 11 is 0. The lowest BCUT2D eigenvalue weighted by Crippen LogP contribution is -2.34. The van der Waals surface area contributed by atoms with Crippen LogP contribution in [0.5, 0.6) is 0 Å². The molecular formula is C17H32N2O3S2. The molecule has 3 aliphatic heterocycles. The fourth-order valence-corrected chi connectivity index (χ4v) is 8.59. The molecule has 140 valence electrons. The molecule has 0 amide bonds. The van der Waals surface area contributed by atoms with Gasteiger partial charge in [-0.1, -0.05) is 6.42 Å². The van der Waals surface area contributed by atoms with Crippen LogP contribution < -0.4 is 10.6 Å². The lowest BCUT2D eigenvalue weighted by molar-refractivity contribution is 0.286. The fourth-order valence-electron chi connectivity index (χ4n) is 4.66. The summed E-state index contributed by atoms with van der Waals surface area (Å²) in [5.41, 5.74) is 0. The zero-order valence-corrected chi connectivity index (χ0v) is 16.2. The molecule has 4 unspecified atom stereocenters. The van der Waals surface area contributed by atoms with Crippen LogP contribution in [0.15, 0.2) is 0 Å². The van der Waals surface area contributed by atoms with Gasteiger partial charge in [0, 0.05) is 35.4 Å². The highest BCUT2D eigenvalue weighted by Crippen LogP contribution is 2.34. The van der Waals surface area contributed by atoms with Crippen LogP contribution >= 0.6 is 0 Å². The summed E-state index contributed by atoms with van der Waals surface area (Å²) in [6.07, 6.45) is 5.18. The normalized spacial score (nSPS) is 39.5. The van der Waals surface area contributed by atoms with Gasteiger partial charge in [0.15, 0.2) is 9.84 Å². The van der Waals surface area contributed by atoms with Crippen LogP contribution in [0.2, 0.25) is 0 Å². The van der Waals surface area contributed by atoms with Crippen molar-refractivity contribution in [2.45, 2.75) is 32.1 Å². The van der Waals surface area contributed by atoms with E-state index in [1.807, 2.05) is 0 Å². The van der Waals surface area contributed by atoms with Crippen LogP contribution in [0.4, 0.5) is 0 Å². The summed E-state index contributed by atoms with van der Waals surface area (Å²) in [5, 5.41) is 6.87. The zero-order valence-electron chi connectivity index (χ0n) is 14.5. The molecule has 3 rings (SSSR count). The van der Waals surface area contributed by atoms with Crippen molar-refractivity contribution in [1.29, 1.82) is 0 Å². The van der Waals surface area contributed by atoms with Crippen LogP contribution in [-0.4, -0.2) is 61.8 Å². The van der Waals surface area contributed by atoms with Crippen LogP contribution in [0.25, 0.3) is 0 Å². The van der Waals surface area contributed by atoms with Gasteiger partial charge in [0.2, 0.25) is 0 Å². The van der Waals surface area contributed by atoms with Gasteiger partial charge >= 0.3 is 0 Å². The average Bonchev–Trinajstić information content (AvgIpc) is 2.97. The van der Waals surface area contributed by atoms with Gasteiger partial charge in [-0.2, -0.15) is 0 Å².